The average molecular weight is 218 g/mol. The highest BCUT2D eigenvalue weighted by atomic mass is 16.5. The molecule has 1 aromatic rings. The van der Waals surface area contributed by atoms with Gasteiger partial charge in [0, 0.05) is 0 Å². The first-order valence-corrected chi connectivity index (χ1v) is 4.53. The second kappa shape index (κ2) is 5.51. The molecule has 0 unspecified atom stereocenters. The van der Waals surface area contributed by atoms with Gasteiger partial charge >= 0.3 is 5.97 Å². The van der Waals surface area contributed by atoms with E-state index in [1.165, 1.54) is 7.11 Å². The normalized spacial score (nSPS) is 9.00. The van der Waals surface area contributed by atoms with Gasteiger partial charge in [-0.2, -0.15) is 5.26 Å². The van der Waals surface area contributed by atoms with E-state index in [-0.39, 0.29) is 6.42 Å². The molecule has 0 aliphatic carbocycles. The number of nitrogens with zero attached hydrogens (tertiary/aromatic N) is 1. The lowest BCUT2D eigenvalue weighted by molar-refractivity contribution is -0.142. The quantitative estimate of drug-likeness (QED) is 0.607. The van der Waals surface area contributed by atoms with Crippen molar-refractivity contribution in [1.82, 2.24) is 0 Å². The molecule has 16 heavy (non-hydrogen) atoms. The number of nitrogens with one attached hydrogen (secondary N) is 1. The van der Waals surface area contributed by atoms with Gasteiger partial charge in [0.15, 0.2) is 0 Å². The molecule has 1 rings (SSSR count). The molecule has 0 aliphatic rings. The van der Waals surface area contributed by atoms with Crippen LogP contribution in [0.25, 0.3) is 0 Å². The summed E-state index contributed by atoms with van der Waals surface area (Å²) in [6.07, 6.45) is -0.365. The number of anilines is 1. The number of nitriles is 1. The van der Waals surface area contributed by atoms with Gasteiger partial charge in [0.1, 0.15) is 12.5 Å². The highest BCUT2D eigenvalue weighted by Gasteiger charge is 2.10. The smallest absolute Gasteiger partial charge is 0.315 e. The van der Waals surface area contributed by atoms with Gasteiger partial charge in [-0.3, -0.25) is 9.59 Å². The van der Waals surface area contributed by atoms with Crippen LogP contribution in [0, 0.1) is 11.3 Å². The van der Waals surface area contributed by atoms with E-state index in [1.54, 1.807) is 24.3 Å². The summed E-state index contributed by atoms with van der Waals surface area (Å²) in [6, 6.07) is 8.48. The number of carbonyl (C=O) groups excluding carboxylic acids is 2. The Morgan fingerprint density at radius 3 is 2.75 bits per heavy atom. The van der Waals surface area contributed by atoms with E-state index in [4.69, 9.17) is 5.26 Å². The molecule has 0 fully saturated rings. The molecule has 0 bridgehead atoms. The molecular weight excluding hydrogens is 208 g/mol. The molecule has 1 N–H and O–H groups in total. The van der Waals surface area contributed by atoms with Gasteiger partial charge in [0.25, 0.3) is 0 Å². The van der Waals surface area contributed by atoms with E-state index in [0.717, 1.165) is 0 Å². The van der Waals surface area contributed by atoms with Crippen molar-refractivity contribution >= 4 is 17.6 Å². The summed E-state index contributed by atoms with van der Waals surface area (Å²) in [7, 11) is 1.21. The summed E-state index contributed by atoms with van der Waals surface area (Å²) < 4.78 is 4.35. The van der Waals surface area contributed by atoms with E-state index in [9.17, 15) is 9.59 Å². The van der Waals surface area contributed by atoms with Crippen molar-refractivity contribution in [3.05, 3.63) is 29.8 Å². The van der Waals surface area contributed by atoms with E-state index in [0.29, 0.717) is 11.3 Å². The monoisotopic (exact) mass is 218 g/mol. The van der Waals surface area contributed by atoms with Crippen LogP contribution in [0.4, 0.5) is 5.69 Å². The molecule has 1 amide bonds. The van der Waals surface area contributed by atoms with Crippen LogP contribution in [0.2, 0.25) is 0 Å². The Balaban J connectivity index is 2.70. The molecule has 0 spiro atoms. The molecule has 0 aliphatic heterocycles. The van der Waals surface area contributed by atoms with Crippen LogP contribution in [0.3, 0.4) is 0 Å². The third-order valence-corrected chi connectivity index (χ3v) is 1.85. The second-order valence-electron chi connectivity index (χ2n) is 2.96. The fraction of sp³-hybridized carbons (Fsp3) is 0.182. The summed E-state index contributed by atoms with van der Waals surface area (Å²) in [5.74, 6) is -1.12. The zero-order valence-electron chi connectivity index (χ0n) is 8.69. The molecule has 0 saturated heterocycles. The van der Waals surface area contributed by atoms with Crippen LogP contribution in [0.1, 0.15) is 12.0 Å². The van der Waals surface area contributed by atoms with Crippen molar-refractivity contribution in [2.75, 3.05) is 12.4 Å². The van der Waals surface area contributed by atoms with Gasteiger partial charge in [0.05, 0.1) is 18.4 Å². The van der Waals surface area contributed by atoms with Crippen molar-refractivity contribution < 1.29 is 14.3 Å². The Labute approximate surface area is 92.6 Å². The van der Waals surface area contributed by atoms with Crippen LogP contribution in [-0.4, -0.2) is 19.0 Å². The van der Waals surface area contributed by atoms with Crippen LogP contribution < -0.4 is 5.32 Å². The zero-order chi connectivity index (χ0) is 12.0. The van der Waals surface area contributed by atoms with Crippen molar-refractivity contribution in [2.24, 2.45) is 0 Å². The minimum atomic E-state index is -0.619. The second-order valence-corrected chi connectivity index (χ2v) is 2.96. The van der Waals surface area contributed by atoms with E-state index >= 15 is 0 Å². The lowest BCUT2D eigenvalue weighted by Crippen LogP contribution is -2.17. The minimum absolute atomic E-state index is 0.348. The van der Waals surface area contributed by atoms with E-state index in [2.05, 4.69) is 10.1 Å². The fourth-order valence-electron chi connectivity index (χ4n) is 1.09. The summed E-state index contributed by atoms with van der Waals surface area (Å²) in [4.78, 5) is 22.1. The van der Waals surface area contributed by atoms with Gasteiger partial charge in [-0.25, -0.2) is 0 Å². The molecule has 0 aromatic heterocycles. The molecule has 0 radical (unpaired) electrons. The number of ether oxygens (including phenoxy) is 1. The molecular formula is C11H10N2O3. The largest absolute Gasteiger partial charge is 0.469 e. The highest BCUT2D eigenvalue weighted by molar-refractivity contribution is 6.02. The maximum Gasteiger partial charge on any atom is 0.315 e. The number of benzene rings is 1. The van der Waals surface area contributed by atoms with Gasteiger partial charge < -0.3 is 10.1 Å². The molecule has 0 atom stereocenters. The summed E-state index contributed by atoms with van der Waals surface area (Å²) >= 11 is 0. The van der Waals surface area contributed by atoms with Crippen LogP contribution in [0.5, 0.6) is 0 Å². The Kier molecular flexibility index (Phi) is 4.04. The highest BCUT2D eigenvalue weighted by Crippen LogP contribution is 2.13. The number of rotatable bonds is 3. The maximum absolute atomic E-state index is 11.3. The Hall–Kier alpha value is -2.35. The topological polar surface area (TPSA) is 79.2 Å². The lowest BCUT2D eigenvalue weighted by Gasteiger charge is -2.05. The van der Waals surface area contributed by atoms with Gasteiger partial charge in [-0.05, 0) is 12.1 Å². The molecule has 0 saturated carbocycles. The van der Waals surface area contributed by atoms with E-state index < -0.39 is 11.9 Å². The minimum Gasteiger partial charge on any atom is -0.469 e. The third kappa shape index (κ3) is 3.10. The molecule has 1 aromatic carbocycles. The predicted octanol–water partition coefficient (Wildman–Crippen LogP) is 1.06. The zero-order valence-corrected chi connectivity index (χ0v) is 8.69. The number of carbonyl (C=O) groups is 2. The predicted molar refractivity (Wildman–Crippen MR) is 56.4 cm³/mol. The maximum atomic E-state index is 11.3. The van der Waals surface area contributed by atoms with Crippen LogP contribution in [-0.2, 0) is 14.3 Å². The summed E-state index contributed by atoms with van der Waals surface area (Å²) in [6.45, 7) is 0. The Morgan fingerprint density at radius 2 is 2.12 bits per heavy atom. The lowest BCUT2D eigenvalue weighted by atomic mass is 10.2. The summed E-state index contributed by atoms with van der Waals surface area (Å²) in [5, 5.41) is 11.2. The number of para-hydroxylation sites is 1. The first-order chi connectivity index (χ1) is 7.67. The van der Waals surface area contributed by atoms with Crippen molar-refractivity contribution in [3.63, 3.8) is 0 Å². The first kappa shape index (κ1) is 11.7. The number of hydrogen-bond donors (Lipinski definition) is 1. The standard InChI is InChI=1S/C11H10N2O3/c1-16-11(15)6-10(14)13-9-5-3-2-4-8(9)7-12/h2-5H,6H2,1H3,(H,13,14). The van der Waals surface area contributed by atoms with Crippen LogP contribution >= 0.6 is 0 Å². The number of hydrogen-bond acceptors (Lipinski definition) is 4. The Bertz CT molecular complexity index is 449. The van der Waals surface area contributed by atoms with Gasteiger partial charge in [0.2, 0.25) is 5.91 Å². The number of esters is 1. The fourth-order valence-corrected chi connectivity index (χ4v) is 1.09. The van der Waals surface area contributed by atoms with Crippen molar-refractivity contribution in [1.29, 1.82) is 5.26 Å². The number of amides is 1. The van der Waals surface area contributed by atoms with Crippen LogP contribution in [0.15, 0.2) is 24.3 Å². The first-order valence-electron chi connectivity index (χ1n) is 4.53. The van der Waals surface area contributed by atoms with Gasteiger partial charge in [-0.15, -0.1) is 0 Å². The molecule has 5 nitrogen and oxygen atoms in total. The molecule has 0 heterocycles. The number of methoxy groups -OCH3 is 1. The summed E-state index contributed by atoms with van der Waals surface area (Å²) in [5.41, 5.74) is 0.736. The van der Waals surface area contributed by atoms with Gasteiger partial charge in [-0.1, -0.05) is 12.1 Å². The molecule has 82 valence electrons. The Morgan fingerprint density at radius 1 is 1.44 bits per heavy atom. The van der Waals surface area contributed by atoms with E-state index in [1.807, 2.05) is 6.07 Å². The van der Waals surface area contributed by atoms with Crippen molar-refractivity contribution in [3.8, 4) is 6.07 Å². The third-order valence-electron chi connectivity index (χ3n) is 1.85. The molecule has 5 heteroatoms. The van der Waals surface area contributed by atoms with Crippen molar-refractivity contribution in [2.45, 2.75) is 6.42 Å². The average Bonchev–Trinajstić information content (AvgIpc) is 2.29. The SMILES string of the molecule is COC(=O)CC(=O)Nc1ccccc1C#N.